The Morgan fingerprint density at radius 2 is 1.67 bits per heavy atom. The number of Topliss-reactive ketones (excluding diaryl/α,β-unsaturated/α-hetero) is 1. The molecule has 4 rings (SSSR count). The second-order valence-corrected chi connectivity index (χ2v) is 9.60. The summed E-state index contributed by atoms with van der Waals surface area (Å²) in [6.45, 7) is 0.474. The van der Waals surface area contributed by atoms with Gasteiger partial charge in [0.1, 0.15) is 12.1 Å². The van der Waals surface area contributed by atoms with Gasteiger partial charge in [-0.05, 0) is 46.4 Å². The lowest BCUT2D eigenvalue weighted by atomic mass is 9.98. The highest BCUT2D eigenvalue weighted by atomic mass is 32.1. The van der Waals surface area contributed by atoms with Gasteiger partial charge in [0.25, 0.3) is 5.91 Å². The molecule has 2 aromatic carbocycles. The standard InChI is InChI=1S/C28H29N3O4S/c32-25-12-11-23(30-25)28(35)31(18-21-9-5-2-6-10-21)24(17-20-7-3-1-4-8-20)26(33)27(34)29-15-13-22-14-16-36-19-22/h1-10,14,16,19,23-24H,11-13,15,17-18H2,(H,29,34)(H,30,32)/t23-,24?/m0/s1. The number of nitrogens with one attached hydrogen (secondary N) is 2. The molecule has 0 spiro atoms. The Kier molecular flexibility index (Phi) is 8.62. The summed E-state index contributed by atoms with van der Waals surface area (Å²) in [6.07, 6.45) is 1.43. The van der Waals surface area contributed by atoms with E-state index >= 15 is 0 Å². The summed E-state index contributed by atoms with van der Waals surface area (Å²) in [5.74, 6) is -1.93. The molecule has 3 aromatic rings. The van der Waals surface area contributed by atoms with E-state index in [0.717, 1.165) is 16.7 Å². The zero-order valence-corrected chi connectivity index (χ0v) is 20.7. The van der Waals surface area contributed by atoms with Crippen LogP contribution in [0.4, 0.5) is 0 Å². The van der Waals surface area contributed by atoms with Gasteiger partial charge in [0.15, 0.2) is 0 Å². The first-order valence-corrected chi connectivity index (χ1v) is 13.0. The summed E-state index contributed by atoms with van der Waals surface area (Å²) in [7, 11) is 0. The molecule has 0 bridgehead atoms. The molecule has 1 aliphatic rings. The van der Waals surface area contributed by atoms with Gasteiger partial charge in [-0.15, -0.1) is 0 Å². The normalized spacial score (nSPS) is 15.7. The Morgan fingerprint density at radius 3 is 2.28 bits per heavy atom. The summed E-state index contributed by atoms with van der Waals surface area (Å²) in [5, 5.41) is 9.41. The second kappa shape index (κ2) is 12.3. The Bertz CT molecular complexity index is 1180. The van der Waals surface area contributed by atoms with Crippen LogP contribution in [0.2, 0.25) is 0 Å². The molecule has 1 aliphatic heterocycles. The Hall–Kier alpha value is -3.78. The number of carbonyl (C=O) groups excluding carboxylic acids is 4. The van der Waals surface area contributed by atoms with Crippen LogP contribution in [0.15, 0.2) is 77.5 Å². The predicted molar refractivity (Wildman–Crippen MR) is 138 cm³/mol. The molecule has 1 fully saturated rings. The lowest BCUT2D eigenvalue weighted by Gasteiger charge is -2.33. The second-order valence-electron chi connectivity index (χ2n) is 8.82. The highest BCUT2D eigenvalue weighted by molar-refractivity contribution is 7.07. The van der Waals surface area contributed by atoms with Crippen molar-refractivity contribution < 1.29 is 19.2 Å². The van der Waals surface area contributed by atoms with E-state index < -0.39 is 23.8 Å². The molecule has 0 saturated carbocycles. The smallest absolute Gasteiger partial charge is 0.289 e. The molecule has 0 aliphatic carbocycles. The van der Waals surface area contributed by atoms with Gasteiger partial charge >= 0.3 is 0 Å². The van der Waals surface area contributed by atoms with Crippen molar-refractivity contribution in [3.8, 4) is 0 Å². The van der Waals surface area contributed by atoms with Crippen LogP contribution < -0.4 is 10.6 Å². The minimum absolute atomic E-state index is 0.150. The van der Waals surface area contributed by atoms with Gasteiger partial charge in [0, 0.05) is 25.9 Å². The van der Waals surface area contributed by atoms with Crippen LogP contribution in [-0.2, 0) is 38.6 Å². The van der Waals surface area contributed by atoms with E-state index in [0.29, 0.717) is 19.4 Å². The fourth-order valence-electron chi connectivity index (χ4n) is 4.30. The van der Waals surface area contributed by atoms with Gasteiger partial charge in [-0.1, -0.05) is 60.7 Å². The zero-order chi connectivity index (χ0) is 25.3. The molecule has 2 heterocycles. The molecule has 3 amide bonds. The van der Waals surface area contributed by atoms with Crippen molar-refractivity contribution >= 4 is 34.8 Å². The minimum atomic E-state index is -1.02. The summed E-state index contributed by atoms with van der Waals surface area (Å²) >= 11 is 1.58. The predicted octanol–water partition coefficient (Wildman–Crippen LogP) is 2.89. The fraction of sp³-hybridized carbons (Fsp3) is 0.286. The van der Waals surface area contributed by atoms with E-state index in [1.807, 2.05) is 77.5 Å². The van der Waals surface area contributed by atoms with Crippen LogP contribution in [-0.4, -0.2) is 47.0 Å². The van der Waals surface area contributed by atoms with Crippen molar-refractivity contribution in [2.45, 2.75) is 44.3 Å². The first kappa shape index (κ1) is 25.3. The van der Waals surface area contributed by atoms with Crippen LogP contribution in [0.5, 0.6) is 0 Å². The van der Waals surface area contributed by atoms with E-state index in [2.05, 4.69) is 10.6 Å². The quantitative estimate of drug-likeness (QED) is 0.394. The molecule has 7 nitrogen and oxygen atoms in total. The summed E-state index contributed by atoms with van der Waals surface area (Å²) in [5.41, 5.74) is 2.76. The van der Waals surface area contributed by atoms with Gasteiger partial charge < -0.3 is 15.5 Å². The number of amides is 3. The highest BCUT2D eigenvalue weighted by Gasteiger charge is 2.38. The van der Waals surface area contributed by atoms with E-state index in [4.69, 9.17) is 0 Å². The first-order chi connectivity index (χ1) is 17.5. The summed E-state index contributed by atoms with van der Waals surface area (Å²) in [4.78, 5) is 53.5. The molecule has 0 radical (unpaired) electrons. The van der Waals surface area contributed by atoms with Crippen LogP contribution in [0.3, 0.4) is 0 Å². The molecule has 1 saturated heterocycles. The maximum absolute atomic E-state index is 13.7. The highest BCUT2D eigenvalue weighted by Crippen LogP contribution is 2.19. The molecule has 2 atom stereocenters. The molecular weight excluding hydrogens is 474 g/mol. The summed E-state index contributed by atoms with van der Waals surface area (Å²) < 4.78 is 0. The van der Waals surface area contributed by atoms with E-state index in [1.165, 1.54) is 4.90 Å². The molecule has 186 valence electrons. The Labute approximate surface area is 214 Å². The number of hydrogen-bond donors (Lipinski definition) is 2. The number of ketones is 1. The number of rotatable bonds is 11. The third-order valence-corrected chi connectivity index (χ3v) is 6.96. The largest absolute Gasteiger partial charge is 0.349 e. The van der Waals surface area contributed by atoms with Crippen molar-refractivity contribution in [1.29, 1.82) is 0 Å². The van der Waals surface area contributed by atoms with Crippen molar-refractivity contribution in [2.24, 2.45) is 0 Å². The Balaban J connectivity index is 1.59. The average Bonchev–Trinajstić information content (AvgIpc) is 3.58. The van der Waals surface area contributed by atoms with Crippen LogP contribution in [0.1, 0.15) is 29.5 Å². The monoisotopic (exact) mass is 503 g/mol. The SMILES string of the molecule is O=C1CC[C@@H](C(=O)N(Cc2ccccc2)C(Cc2ccccc2)C(=O)C(=O)NCCc2ccsc2)N1. The molecule has 8 heteroatoms. The van der Waals surface area contributed by atoms with Crippen molar-refractivity contribution in [3.05, 3.63) is 94.2 Å². The topological polar surface area (TPSA) is 95.6 Å². The lowest BCUT2D eigenvalue weighted by Crippen LogP contribution is -2.55. The van der Waals surface area contributed by atoms with E-state index in [-0.39, 0.29) is 31.2 Å². The van der Waals surface area contributed by atoms with Crippen molar-refractivity contribution in [1.82, 2.24) is 15.5 Å². The minimum Gasteiger partial charge on any atom is -0.349 e. The lowest BCUT2D eigenvalue weighted by molar-refractivity contribution is -0.147. The van der Waals surface area contributed by atoms with Crippen molar-refractivity contribution in [2.75, 3.05) is 6.54 Å². The maximum atomic E-state index is 13.7. The molecule has 2 N–H and O–H groups in total. The van der Waals surface area contributed by atoms with E-state index in [9.17, 15) is 19.2 Å². The van der Waals surface area contributed by atoms with Crippen LogP contribution in [0.25, 0.3) is 0 Å². The van der Waals surface area contributed by atoms with E-state index in [1.54, 1.807) is 11.3 Å². The molecule has 1 unspecified atom stereocenters. The first-order valence-electron chi connectivity index (χ1n) is 12.0. The number of hydrogen-bond acceptors (Lipinski definition) is 5. The number of carbonyl (C=O) groups is 4. The molecule has 36 heavy (non-hydrogen) atoms. The zero-order valence-electron chi connectivity index (χ0n) is 19.9. The number of nitrogens with zero attached hydrogens (tertiary/aromatic N) is 1. The van der Waals surface area contributed by atoms with Gasteiger partial charge in [0.05, 0.1) is 0 Å². The third kappa shape index (κ3) is 6.66. The average molecular weight is 504 g/mol. The number of benzene rings is 2. The van der Waals surface area contributed by atoms with Gasteiger partial charge in [0.2, 0.25) is 17.6 Å². The Morgan fingerprint density at radius 1 is 0.972 bits per heavy atom. The number of thiophene rings is 1. The van der Waals surface area contributed by atoms with Crippen LogP contribution in [0, 0.1) is 0 Å². The van der Waals surface area contributed by atoms with Gasteiger partial charge in [-0.3, -0.25) is 19.2 Å². The van der Waals surface area contributed by atoms with Gasteiger partial charge in [-0.2, -0.15) is 11.3 Å². The van der Waals surface area contributed by atoms with Gasteiger partial charge in [-0.25, -0.2) is 0 Å². The maximum Gasteiger partial charge on any atom is 0.289 e. The summed E-state index contributed by atoms with van der Waals surface area (Å²) in [6, 6.07) is 18.9. The molecule has 1 aromatic heterocycles. The fourth-order valence-corrected chi connectivity index (χ4v) is 5.00. The third-order valence-electron chi connectivity index (χ3n) is 6.23. The van der Waals surface area contributed by atoms with Crippen LogP contribution >= 0.6 is 11.3 Å². The van der Waals surface area contributed by atoms with Crippen molar-refractivity contribution in [3.63, 3.8) is 0 Å². The molecular formula is C28H29N3O4S.